The number of aromatic hydroxyl groups is 1. The highest BCUT2D eigenvalue weighted by molar-refractivity contribution is 5.66. The van der Waals surface area contributed by atoms with Crippen molar-refractivity contribution in [3.8, 4) is 5.75 Å². The predicted octanol–water partition coefficient (Wildman–Crippen LogP) is 1.40. The van der Waals surface area contributed by atoms with E-state index in [1.807, 2.05) is 7.05 Å². The third kappa shape index (κ3) is 4.07. The van der Waals surface area contributed by atoms with E-state index in [-0.39, 0.29) is 6.54 Å². The highest BCUT2D eigenvalue weighted by Crippen LogP contribution is 2.22. The van der Waals surface area contributed by atoms with E-state index in [0.717, 1.165) is 12.8 Å². The smallest absolute Gasteiger partial charge is 0.323 e. The van der Waals surface area contributed by atoms with Gasteiger partial charge in [0.15, 0.2) is 5.75 Å². The van der Waals surface area contributed by atoms with E-state index in [0.29, 0.717) is 18.3 Å². The van der Waals surface area contributed by atoms with E-state index in [4.69, 9.17) is 5.11 Å². The molecule has 2 N–H and O–H groups in total. The van der Waals surface area contributed by atoms with Crippen molar-refractivity contribution in [3.63, 3.8) is 0 Å². The van der Waals surface area contributed by atoms with Crippen LogP contribution in [0.15, 0.2) is 17.1 Å². The number of aliphatic carboxylic acids is 1. The minimum Gasteiger partial charge on any atom is -0.503 e. The lowest BCUT2D eigenvalue weighted by Crippen LogP contribution is -2.34. The third-order valence-electron chi connectivity index (χ3n) is 4.11. The quantitative estimate of drug-likeness (QED) is 0.858. The van der Waals surface area contributed by atoms with E-state index in [9.17, 15) is 14.7 Å². The summed E-state index contributed by atoms with van der Waals surface area (Å²) in [5, 5.41) is 18.4. The summed E-state index contributed by atoms with van der Waals surface area (Å²) in [6.45, 7) is 0.245. The first-order valence-electron chi connectivity index (χ1n) is 7.31. The average molecular weight is 294 g/mol. The van der Waals surface area contributed by atoms with Gasteiger partial charge in [0.25, 0.3) is 0 Å². The number of carboxylic acid groups (broad SMARTS) is 1. The first-order valence-corrected chi connectivity index (χ1v) is 7.31. The number of carbonyl (C=O) groups is 1. The second-order valence-corrected chi connectivity index (χ2v) is 5.74. The number of carboxylic acids is 1. The molecule has 0 aromatic carbocycles. The first kappa shape index (κ1) is 15.6. The molecule has 0 atom stereocenters. The molecule has 1 fully saturated rings. The zero-order valence-electron chi connectivity index (χ0n) is 12.3. The van der Waals surface area contributed by atoms with Gasteiger partial charge in [-0.1, -0.05) is 19.3 Å². The lowest BCUT2D eigenvalue weighted by molar-refractivity contribution is -0.137. The summed E-state index contributed by atoms with van der Waals surface area (Å²) in [7, 11) is 2.00. The van der Waals surface area contributed by atoms with Gasteiger partial charge in [0.2, 0.25) is 5.43 Å². The Bertz CT molecular complexity index is 561. The van der Waals surface area contributed by atoms with E-state index < -0.39 is 17.1 Å². The Hall–Kier alpha value is -1.82. The fourth-order valence-electron chi connectivity index (χ4n) is 2.94. The van der Waals surface area contributed by atoms with Crippen LogP contribution in [0.4, 0.5) is 0 Å². The molecule has 6 nitrogen and oxygen atoms in total. The SMILES string of the molecule is CN(Cc1cc(=O)c(O)cn1CC(=O)O)C1CCCCC1. The first-order chi connectivity index (χ1) is 9.97. The zero-order valence-corrected chi connectivity index (χ0v) is 12.3. The van der Waals surface area contributed by atoms with E-state index in [1.165, 1.54) is 36.1 Å². The lowest BCUT2D eigenvalue weighted by atomic mass is 9.94. The molecule has 2 rings (SSSR count). The van der Waals surface area contributed by atoms with Crippen LogP contribution in [-0.4, -0.2) is 38.7 Å². The number of hydrogen-bond acceptors (Lipinski definition) is 4. The maximum Gasteiger partial charge on any atom is 0.323 e. The van der Waals surface area contributed by atoms with Gasteiger partial charge in [-0.3, -0.25) is 14.5 Å². The molecule has 0 saturated heterocycles. The molecule has 116 valence electrons. The van der Waals surface area contributed by atoms with Crippen LogP contribution in [0, 0.1) is 0 Å². The summed E-state index contributed by atoms with van der Waals surface area (Å²) in [5.41, 5.74) is 0.150. The van der Waals surface area contributed by atoms with Gasteiger partial charge in [-0.2, -0.15) is 0 Å². The summed E-state index contributed by atoms with van der Waals surface area (Å²) in [6.07, 6.45) is 7.18. The summed E-state index contributed by atoms with van der Waals surface area (Å²) < 4.78 is 1.43. The van der Waals surface area contributed by atoms with Gasteiger partial charge in [-0.25, -0.2) is 0 Å². The Labute approximate surface area is 123 Å². The summed E-state index contributed by atoms with van der Waals surface area (Å²) >= 11 is 0. The normalized spacial score (nSPS) is 16.3. The molecule has 6 heteroatoms. The van der Waals surface area contributed by atoms with E-state index in [1.54, 1.807) is 0 Å². The zero-order chi connectivity index (χ0) is 15.4. The van der Waals surface area contributed by atoms with Crippen LogP contribution in [0.25, 0.3) is 0 Å². The molecule has 0 aliphatic heterocycles. The second-order valence-electron chi connectivity index (χ2n) is 5.74. The van der Waals surface area contributed by atoms with Crippen molar-refractivity contribution in [2.24, 2.45) is 0 Å². The predicted molar refractivity (Wildman–Crippen MR) is 78.3 cm³/mol. The minimum atomic E-state index is -1.00. The number of nitrogens with zero attached hydrogens (tertiary/aromatic N) is 2. The number of hydrogen-bond donors (Lipinski definition) is 2. The van der Waals surface area contributed by atoms with Crippen LogP contribution in [0.3, 0.4) is 0 Å². The van der Waals surface area contributed by atoms with E-state index in [2.05, 4.69) is 4.90 Å². The Balaban J connectivity index is 2.18. The summed E-state index contributed by atoms with van der Waals surface area (Å²) in [4.78, 5) is 24.7. The molecule has 1 saturated carbocycles. The largest absolute Gasteiger partial charge is 0.503 e. The molecule has 1 aromatic rings. The van der Waals surface area contributed by atoms with E-state index >= 15 is 0 Å². The van der Waals surface area contributed by atoms with Crippen molar-refractivity contribution in [3.05, 3.63) is 28.2 Å². The molecule has 0 amide bonds. The van der Waals surface area contributed by atoms with Gasteiger partial charge >= 0.3 is 5.97 Å². The molecule has 1 aromatic heterocycles. The fraction of sp³-hybridized carbons (Fsp3) is 0.600. The molecule has 21 heavy (non-hydrogen) atoms. The van der Waals surface area contributed by atoms with Crippen molar-refractivity contribution in [2.75, 3.05) is 7.05 Å². The number of pyridine rings is 1. The molecule has 1 heterocycles. The van der Waals surface area contributed by atoms with Gasteiger partial charge in [-0.15, -0.1) is 0 Å². The van der Waals surface area contributed by atoms with Crippen LogP contribution in [0.2, 0.25) is 0 Å². The molecule has 0 unspecified atom stereocenters. The maximum atomic E-state index is 11.6. The summed E-state index contributed by atoms with van der Waals surface area (Å²) in [5.74, 6) is -1.42. The van der Waals surface area contributed by atoms with Gasteiger partial charge in [-0.05, 0) is 19.9 Å². The Morgan fingerprint density at radius 2 is 2.05 bits per heavy atom. The molecule has 1 aliphatic rings. The van der Waals surface area contributed by atoms with Crippen molar-refractivity contribution in [1.29, 1.82) is 0 Å². The van der Waals surface area contributed by atoms with Crippen molar-refractivity contribution in [1.82, 2.24) is 9.47 Å². The second kappa shape index (κ2) is 6.76. The molecular weight excluding hydrogens is 272 g/mol. The number of aromatic nitrogens is 1. The molecule has 0 spiro atoms. The van der Waals surface area contributed by atoms with Crippen LogP contribution < -0.4 is 5.43 Å². The van der Waals surface area contributed by atoms with Gasteiger partial charge < -0.3 is 14.8 Å². The number of rotatable bonds is 5. The Morgan fingerprint density at radius 3 is 2.67 bits per heavy atom. The van der Waals surface area contributed by atoms with Crippen LogP contribution in [-0.2, 0) is 17.9 Å². The fourth-order valence-corrected chi connectivity index (χ4v) is 2.94. The monoisotopic (exact) mass is 294 g/mol. The van der Waals surface area contributed by atoms with Crippen molar-refractivity contribution < 1.29 is 15.0 Å². The van der Waals surface area contributed by atoms with Crippen LogP contribution in [0.5, 0.6) is 5.75 Å². The van der Waals surface area contributed by atoms with Crippen molar-refractivity contribution >= 4 is 5.97 Å². The molecule has 0 bridgehead atoms. The standard InChI is InChI=1S/C15H22N2O4/c1-16(11-5-3-2-4-6-11)8-12-7-13(18)14(19)9-17(12)10-15(20)21/h7,9,11,19H,2-6,8,10H2,1H3,(H,20,21). The lowest BCUT2D eigenvalue weighted by Gasteiger charge is -2.31. The minimum absolute atomic E-state index is 0.262. The topological polar surface area (TPSA) is 82.8 Å². The van der Waals surface area contributed by atoms with Crippen molar-refractivity contribution in [2.45, 2.75) is 51.2 Å². The average Bonchev–Trinajstić information content (AvgIpc) is 2.44. The highest BCUT2D eigenvalue weighted by Gasteiger charge is 2.19. The Morgan fingerprint density at radius 1 is 1.38 bits per heavy atom. The maximum absolute atomic E-state index is 11.6. The van der Waals surface area contributed by atoms with Crippen LogP contribution in [0.1, 0.15) is 37.8 Å². The Kier molecular flexibility index (Phi) is 5.01. The molecule has 0 radical (unpaired) electrons. The molecular formula is C15H22N2O4. The van der Waals surface area contributed by atoms with Gasteiger partial charge in [0, 0.05) is 24.3 Å². The van der Waals surface area contributed by atoms with Crippen LogP contribution >= 0.6 is 0 Å². The van der Waals surface area contributed by atoms with Gasteiger partial charge in [0.1, 0.15) is 6.54 Å². The summed E-state index contributed by atoms with van der Waals surface area (Å²) in [6, 6.07) is 1.80. The highest BCUT2D eigenvalue weighted by atomic mass is 16.4. The van der Waals surface area contributed by atoms with Gasteiger partial charge in [0.05, 0.1) is 6.20 Å². The molecule has 1 aliphatic carbocycles. The third-order valence-corrected chi connectivity index (χ3v) is 4.11.